The first-order valence-corrected chi connectivity index (χ1v) is 13.1. The zero-order chi connectivity index (χ0) is 26.1. The van der Waals surface area contributed by atoms with Crippen LogP contribution < -0.4 is 0 Å². The monoisotopic (exact) mass is 492 g/mol. The van der Waals surface area contributed by atoms with Crippen LogP contribution in [0.2, 0.25) is 0 Å². The Morgan fingerprint density at radius 3 is 2.25 bits per heavy atom. The van der Waals surface area contributed by atoms with Crippen LogP contribution >= 0.6 is 0 Å². The fourth-order valence-electron chi connectivity index (χ4n) is 5.06. The predicted octanol–water partition coefficient (Wildman–Crippen LogP) is 6.28. The molecule has 0 radical (unpaired) electrons. The van der Waals surface area contributed by atoms with Crippen molar-refractivity contribution in [3.05, 3.63) is 71.8 Å². The number of hydrogen-bond acceptors (Lipinski definition) is 5. The second-order valence-electron chi connectivity index (χ2n) is 10.3. The molecule has 36 heavy (non-hydrogen) atoms. The number of esters is 2. The highest BCUT2D eigenvalue weighted by Crippen LogP contribution is 2.38. The minimum absolute atomic E-state index is 0.00644. The molecule has 5 nitrogen and oxygen atoms in total. The third-order valence-corrected chi connectivity index (χ3v) is 7.20. The first kappa shape index (κ1) is 27.7. The minimum Gasteiger partial charge on any atom is -0.462 e. The van der Waals surface area contributed by atoms with Gasteiger partial charge in [0.2, 0.25) is 0 Å². The zero-order valence-corrected chi connectivity index (χ0v) is 21.8. The molecule has 2 aromatic rings. The summed E-state index contributed by atoms with van der Waals surface area (Å²) in [7, 11) is 0. The van der Waals surface area contributed by atoms with Crippen LogP contribution in [0.25, 0.3) is 10.8 Å². The van der Waals surface area contributed by atoms with Gasteiger partial charge >= 0.3 is 11.9 Å². The van der Waals surface area contributed by atoms with E-state index in [0.29, 0.717) is 17.9 Å². The molecule has 0 aliphatic heterocycles. The maximum atomic E-state index is 12.0. The van der Waals surface area contributed by atoms with Crippen molar-refractivity contribution in [2.24, 2.45) is 11.8 Å². The van der Waals surface area contributed by atoms with Crippen LogP contribution in [0.4, 0.5) is 0 Å². The molecule has 1 aliphatic rings. The number of aliphatic hydroxyl groups excluding tert-OH is 1. The SMILES string of the molecule is C=C(C)C(=O)OCC(COC(=O)C(=C)CO)Cc1ccc2cc(C3CCC(CCC)CC3)ccc2c1. The molecule has 1 unspecified atom stereocenters. The molecular weight excluding hydrogens is 452 g/mol. The van der Waals surface area contributed by atoms with E-state index in [1.54, 1.807) is 6.92 Å². The fourth-order valence-corrected chi connectivity index (χ4v) is 5.06. The van der Waals surface area contributed by atoms with Crippen LogP contribution in [0.5, 0.6) is 0 Å². The Labute approximate surface area is 215 Å². The number of carbonyl (C=O) groups is 2. The molecular formula is C31H40O5. The molecule has 0 spiro atoms. The largest absolute Gasteiger partial charge is 0.462 e. The van der Waals surface area contributed by atoms with Crippen molar-refractivity contribution < 1.29 is 24.2 Å². The van der Waals surface area contributed by atoms with Crippen LogP contribution in [-0.2, 0) is 25.5 Å². The molecule has 1 aliphatic carbocycles. The van der Waals surface area contributed by atoms with E-state index in [9.17, 15) is 9.59 Å². The highest BCUT2D eigenvalue weighted by atomic mass is 16.5. The third kappa shape index (κ3) is 7.79. The van der Waals surface area contributed by atoms with Crippen LogP contribution in [0.3, 0.4) is 0 Å². The first-order chi connectivity index (χ1) is 17.3. The number of aliphatic hydroxyl groups is 1. The quantitative estimate of drug-likeness (QED) is 0.279. The smallest absolute Gasteiger partial charge is 0.335 e. The summed E-state index contributed by atoms with van der Waals surface area (Å²) in [6, 6.07) is 13.2. The Morgan fingerprint density at radius 2 is 1.61 bits per heavy atom. The number of carbonyl (C=O) groups excluding carboxylic acids is 2. The van der Waals surface area contributed by atoms with E-state index in [1.807, 2.05) is 0 Å². The van der Waals surface area contributed by atoms with Crippen LogP contribution in [0.15, 0.2) is 60.7 Å². The molecule has 3 rings (SSSR count). The topological polar surface area (TPSA) is 72.8 Å². The van der Waals surface area contributed by atoms with Crippen LogP contribution in [-0.4, -0.2) is 36.9 Å². The van der Waals surface area contributed by atoms with Gasteiger partial charge in [0, 0.05) is 11.5 Å². The van der Waals surface area contributed by atoms with Crippen LogP contribution in [0, 0.1) is 11.8 Å². The van der Waals surface area contributed by atoms with E-state index in [0.717, 1.165) is 11.5 Å². The molecule has 0 heterocycles. The number of hydrogen-bond donors (Lipinski definition) is 1. The molecule has 0 amide bonds. The fraction of sp³-hybridized carbons (Fsp3) is 0.484. The van der Waals surface area contributed by atoms with Gasteiger partial charge in [0.15, 0.2) is 0 Å². The Kier molecular flexibility index (Phi) is 10.3. The maximum absolute atomic E-state index is 12.0. The third-order valence-electron chi connectivity index (χ3n) is 7.20. The maximum Gasteiger partial charge on any atom is 0.335 e. The summed E-state index contributed by atoms with van der Waals surface area (Å²) in [5.41, 5.74) is 2.82. The lowest BCUT2D eigenvalue weighted by atomic mass is 9.77. The highest BCUT2D eigenvalue weighted by molar-refractivity contribution is 5.88. The summed E-state index contributed by atoms with van der Waals surface area (Å²) in [6.45, 7) is 10.7. The van der Waals surface area contributed by atoms with Crippen molar-refractivity contribution >= 4 is 22.7 Å². The standard InChI is InChI=1S/C31H40O5/c1-5-6-23-7-10-26(11-8-23)28-14-13-27-16-24(9-12-29(27)17-28)15-25(19-35-30(33)21(2)3)20-36-31(34)22(4)18-32/h9,12-14,16-17,23,25-26,32H,2,4-8,10-11,15,18-20H2,1,3H3. The van der Waals surface area contributed by atoms with E-state index < -0.39 is 18.5 Å². The summed E-state index contributed by atoms with van der Waals surface area (Å²) >= 11 is 0. The van der Waals surface area contributed by atoms with E-state index in [1.165, 1.54) is 54.9 Å². The summed E-state index contributed by atoms with van der Waals surface area (Å²) in [6.07, 6.45) is 8.44. The van der Waals surface area contributed by atoms with Gasteiger partial charge in [-0.2, -0.15) is 0 Å². The summed E-state index contributed by atoms with van der Waals surface area (Å²) in [5, 5.41) is 11.5. The number of rotatable bonds is 12. The summed E-state index contributed by atoms with van der Waals surface area (Å²) < 4.78 is 10.7. The molecule has 194 valence electrons. The van der Waals surface area contributed by atoms with Gasteiger partial charge in [-0.3, -0.25) is 0 Å². The number of benzene rings is 2. The molecule has 0 bridgehead atoms. The van der Waals surface area contributed by atoms with Crippen molar-refractivity contribution in [2.45, 2.75) is 64.7 Å². The van der Waals surface area contributed by atoms with E-state index in [2.05, 4.69) is 56.5 Å². The van der Waals surface area contributed by atoms with Crippen molar-refractivity contribution in [1.82, 2.24) is 0 Å². The molecule has 2 aromatic carbocycles. The van der Waals surface area contributed by atoms with Gasteiger partial charge < -0.3 is 14.6 Å². The summed E-state index contributed by atoms with van der Waals surface area (Å²) in [5.74, 6) is 0.193. The van der Waals surface area contributed by atoms with Gasteiger partial charge in [-0.05, 0) is 72.8 Å². The van der Waals surface area contributed by atoms with Crippen LogP contribution in [0.1, 0.15) is 69.4 Å². The van der Waals surface area contributed by atoms with E-state index in [-0.39, 0.29) is 24.7 Å². The Balaban J connectivity index is 1.68. The molecule has 1 saturated carbocycles. The van der Waals surface area contributed by atoms with Crippen molar-refractivity contribution in [3.8, 4) is 0 Å². The highest BCUT2D eigenvalue weighted by Gasteiger charge is 2.22. The van der Waals surface area contributed by atoms with Crippen molar-refractivity contribution in [2.75, 3.05) is 19.8 Å². The lowest BCUT2D eigenvalue weighted by molar-refractivity contribution is -0.144. The minimum atomic E-state index is -0.650. The number of fused-ring (bicyclic) bond motifs is 1. The van der Waals surface area contributed by atoms with Gasteiger partial charge in [-0.15, -0.1) is 0 Å². The van der Waals surface area contributed by atoms with Gasteiger partial charge in [0.25, 0.3) is 0 Å². The summed E-state index contributed by atoms with van der Waals surface area (Å²) in [4.78, 5) is 23.9. The van der Waals surface area contributed by atoms with Gasteiger partial charge in [-0.1, -0.05) is 69.3 Å². The van der Waals surface area contributed by atoms with Gasteiger partial charge in [0.1, 0.15) is 0 Å². The lowest BCUT2D eigenvalue weighted by Gasteiger charge is -2.28. The molecule has 0 aromatic heterocycles. The Bertz CT molecular complexity index is 1080. The second-order valence-corrected chi connectivity index (χ2v) is 10.3. The number of ether oxygens (including phenoxy) is 2. The van der Waals surface area contributed by atoms with Crippen molar-refractivity contribution in [1.29, 1.82) is 0 Å². The average molecular weight is 493 g/mol. The van der Waals surface area contributed by atoms with Gasteiger partial charge in [-0.25, -0.2) is 9.59 Å². The Hall–Kier alpha value is -2.92. The second kappa shape index (κ2) is 13.4. The lowest BCUT2D eigenvalue weighted by Crippen LogP contribution is -2.24. The first-order valence-electron chi connectivity index (χ1n) is 13.1. The van der Waals surface area contributed by atoms with Crippen molar-refractivity contribution in [3.63, 3.8) is 0 Å². The van der Waals surface area contributed by atoms with E-state index in [4.69, 9.17) is 14.6 Å². The molecule has 1 atom stereocenters. The van der Waals surface area contributed by atoms with E-state index >= 15 is 0 Å². The van der Waals surface area contributed by atoms with Gasteiger partial charge in [0.05, 0.1) is 25.4 Å². The Morgan fingerprint density at radius 1 is 0.972 bits per heavy atom. The molecule has 1 N–H and O–H groups in total. The zero-order valence-electron chi connectivity index (χ0n) is 21.8. The molecule has 1 fully saturated rings. The molecule has 0 saturated heterocycles. The average Bonchev–Trinajstić information content (AvgIpc) is 2.89. The normalized spacial score (nSPS) is 18.4. The predicted molar refractivity (Wildman–Crippen MR) is 144 cm³/mol. The molecule has 5 heteroatoms.